The van der Waals surface area contributed by atoms with E-state index in [1.165, 1.54) is 0 Å². The zero-order valence-electron chi connectivity index (χ0n) is 9.31. The number of anilines is 1. The molecule has 0 spiro atoms. The average molecular weight is 294 g/mol. The van der Waals surface area contributed by atoms with E-state index in [0.717, 1.165) is 10.2 Å². The molecule has 0 radical (unpaired) electrons. The van der Waals surface area contributed by atoms with Crippen LogP contribution in [0.5, 0.6) is 17.2 Å². The maximum absolute atomic E-state index is 5.91. The monoisotopic (exact) mass is 293 g/mol. The standard InChI is InChI=1S/C13H12BrNO2/c1-16-11-3-2-4-12(13(11)15)17-10-7-5-9(14)6-8-10/h2-8H,15H2,1H3. The molecule has 0 fully saturated rings. The van der Waals surface area contributed by atoms with Crippen molar-refractivity contribution in [1.82, 2.24) is 0 Å². The smallest absolute Gasteiger partial charge is 0.154 e. The Morgan fingerprint density at radius 3 is 2.29 bits per heavy atom. The summed E-state index contributed by atoms with van der Waals surface area (Å²) in [4.78, 5) is 0. The molecule has 0 aliphatic heterocycles. The summed E-state index contributed by atoms with van der Waals surface area (Å²) in [5.41, 5.74) is 6.41. The van der Waals surface area contributed by atoms with Crippen LogP contribution in [0.3, 0.4) is 0 Å². The number of nitrogens with two attached hydrogens (primary N) is 1. The van der Waals surface area contributed by atoms with E-state index in [2.05, 4.69) is 15.9 Å². The zero-order chi connectivity index (χ0) is 12.3. The summed E-state index contributed by atoms with van der Waals surface area (Å²) >= 11 is 3.37. The summed E-state index contributed by atoms with van der Waals surface area (Å²) in [6.45, 7) is 0. The number of nitrogen functional groups attached to an aromatic ring is 1. The van der Waals surface area contributed by atoms with Crippen molar-refractivity contribution in [3.05, 3.63) is 46.9 Å². The minimum atomic E-state index is 0.498. The van der Waals surface area contributed by atoms with Gasteiger partial charge in [0.2, 0.25) is 0 Å². The Morgan fingerprint density at radius 2 is 1.65 bits per heavy atom. The van der Waals surface area contributed by atoms with Crippen LogP contribution in [-0.4, -0.2) is 7.11 Å². The number of para-hydroxylation sites is 1. The fourth-order valence-electron chi connectivity index (χ4n) is 1.42. The highest BCUT2D eigenvalue weighted by atomic mass is 79.9. The predicted molar refractivity (Wildman–Crippen MR) is 71.6 cm³/mol. The minimum Gasteiger partial charge on any atom is -0.494 e. The summed E-state index contributed by atoms with van der Waals surface area (Å²) < 4.78 is 11.8. The van der Waals surface area contributed by atoms with Gasteiger partial charge in [0.05, 0.1) is 7.11 Å². The Balaban J connectivity index is 2.27. The first-order chi connectivity index (χ1) is 8.20. The normalized spacial score (nSPS) is 10.0. The van der Waals surface area contributed by atoms with Crippen molar-refractivity contribution >= 4 is 21.6 Å². The molecule has 0 bridgehead atoms. The summed E-state index contributed by atoms with van der Waals surface area (Å²) in [6, 6.07) is 13.0. The van der Waals surface area contributed by atoms with E-state index in [4.69, 9.17) is 15.2 Å². The second-order valence-electron chi connectivity index (χ2n) is 3.43. The van der Waals surface area contributed by atoms with Crippen LogP contribution >= 0.6 is 15.9 Å². The molecule has 0 aliphatic carbocycles. The van der Waals surface area contributed by atoms with Crippen molar-refractivity contribution in [2.45, 2.75) is 0 Å². The van der Waals surface area contributed by atoms with Crippen LogP contribution in [0.15, 0.2) is 46.9 Å². The molecule has 2 aromatic carbocycles. The lowest BCUT2D eigenvalue weighted by atomic mass is 10.2. The van der Waals surface area contributed by atoms with Crippen LogP contribution in [0.2, 0.25) is 0 Å². The van der Waals surface area contributed by atoms with Crippen molar-refractivity contribution in [2.24, 2.45) is 0 Å². The second kappa shape index (κ2) is 5.10. The molecule has 88 valence electrons. The van der Waals surface area contributed by atoms with Crippen LogP contribution in [-0.2, 0) is 0 Å². The summed E-state index contributed by atoms with van der Waals surface area (Å²) in [5.74, 6) is 1.93. The molecule has 0 saturated heterocycles. The molecule has 0 heterocycles. The molecule has 4 heteroatoms. The van der Waals surface area contributed by atoms with Crippen LogP contribution in [0.1, 0.15) is 0 Å². The van der Waals surface area contributed by atoms with E-state index in [9.17, 15) is 0 Å². The Morgan fingerprint density at radius 1 is 1.00 bits per heavy atom. The predicted octanol–water partition coefficient (Wildman–Crippen LogP) is 3.83. The quantitative estimate of drug-likeness (QED) is 0.875. The van der Waals surface area contributed by atoms with Gasteiger partial charge in [-0.15, -0.1) is 0 Å². The highest BCUT2D eigenvalue weighted by Gasteiger charge is 2.06. The number of ether oxygens (including phenoxy) is 2. The molecule has 0 atom stereocenters. The van der Waals surface area contributed by atoms with Crippen molar-refractivity contribution in [1.29, 1.82) is 0 Å². The number of hydrogen-bond donors (Lipinski definition) is 1. The fraction of sp³-hybridized carbons (Fsp3) is 0.0769. The Bertz CT molecular complexity index is 511. The fourth-order valence-corrected chi connectivity index (χ4v) is 1.68. The minimum absolute atomic E-state index is 0.498. The van der Waals surface area contributed by atoms with E-state index < -0.39 is 0 Å². The van der Waals surface area contributed by atoms with E-state index in [1.807, 2.05) is 30.3 Å². The largest absolute Gasteiger partial charge is 0.494 e. The zero-order valence-corrected chi connectivity index (χ0v) is 10.9. The van der Waals surface area contributed by atoms with Crippen LogP contribution in [0, 0.1) is 0 Å². The Labute approximate surface area is 108 Å². The van der Waals surface area contributed by atoms with Gasteiger partial charge in [0.1, 0.15) is 17.2 Å². The van der Waals surface area contributed by atoms with E-state index in [0.29, 0.717) is 17.2 Å². The maximum Gasteiger partial charge on any atom is 0.154 e. The molecule has 2 N–H and O–H groups in total. The molecule has 0 aromatic heterocycles. The Hall–Kier alpha value is -1.68. The van der Waals surface area contributed by atoms with Gasteiger partial charge in [-0.1, -0.05) is 22.0 Å². The highest BCUT2D eigenvalue weighted by Crippen LogP contribution is 2.34. The van der Waals surface area contributed by atoms with Crippen LogP contribution in [0.4, 0.5) is 5.69 Å². The van der Waals surface area contributed by atoms with Crippen molar-refractivity contribution in [3.63, 3.8) is 0 Å². The lowest BCUT2D eigenvalue weighted by Crippen LogP contribution is -1.95. The molecule has 3 nitrogen and oxygen atoms in total. The van der Waals surface area contributed by atoms with Gasteiger partial charge in [-0.05, 0) is 36.4 Å². The Kier molecular flexibility index (Phi) is 3.54. The molecule has 17 heavy (non-hydrogen) atoms. The van der Waals surface area contributed by atoms with Gasteiger partial charge in [-0.2, -0.15) is 0 Å². The van der Waals surface area contributed by atoms with Crippen LogP contribution < -0.4 is 15.2 Å². The molecule has 2 aromatic rings. The molecule has 0 aliphatic rings. The third kappa shape index (κ3) is 2.71. The molecule has 0 unspecified atom stereocenters. The molecule has 2 rings (SSSR count). The van der Waals surface area contributed by atoms with E-state index in [1.54, 1.807) is 19.2 Å². The first kappa shape index (κ1) is 11.8. The number of methoxy groups -OCH3 is 1. The lowest BCUT2D eigenvalue weighted by molar-refractivity contribution is 0.412. The number of benzene rings is 2. The topological polar surface area (TPSA) is 44.5 Å². The highest BCUT2D eigenvalue weighted by molar-refractivity contribution is 9.10. The second-order valence-corrected chi connectivity index (χ2v) is 4.34. The van der Waals surface area contributed by atoms with Gasteiger partial charge in [0, 0.05) is 4.47 Å². The summed E-state index contributed by atoms with van der Waals surface area (Å²) in [5, 5.41) is 0. The van der Waals surface area contributed by atoms with Gasteiger partial charge in [0.15, 0.2) is 5.75 Å². The third-order valence-corrected chi connectivity index (χ3v) is 2.82. The number of halogens is 1. The third-order valence-electron chi connectivity index (χ3n) is 2.29. The average Bonchev–Trinajstić information content (AvgIpc) is 2.35. The maximum atomic E-state index is 5.91. The van der Waals surface area contributed by atoms with Gasteiger partial charge in [0.25, 0.3) is 0 Å². The molecular weight excluding hydrogens is 282 g/mol. The SMILES string of the molecule is COc1cccc(Oc2ccc(Br)cc2)c1N. The van der Waals surface area contributed by atoms with Gasteiger partial charge >= 0.3 is 0 Å². The van der Waals surface area contributed by atoms with Crippen LogP contribution in [0.25, 0.3) is 0 Å². The molecule has 0 amide bonds. The molecular formula is C13H12BrNO2. The van der Waals surface area contributed by atoms with Crippen molar-refractivity contribution in [2.75, 3.05) is 12.8 Å². The number of rotatable bonds is 3. The number of hydrogen-bond acceptors (Lipinski definition) is 3. The van der Waals surface area contributed by atoms with E-state index in [-0.39, 0.29) is 0 Å². The van der Waals surface area contributed by atoms with E-state index >= 15 is 0 Å². The first-order valence-electron chi connectivity index (χ1n) is 5.06. The first-order valence-corrected chi connectivity index (χ1v) is 5.86. The van der Waals surface area contributed by atoms with Gasteiger partial charge in [-0.25, -0.2) is 0 Å². The van der Waals surface area contributed by atoms with Crippen molar-refractivity contribution < 1.29 is 9.47 Å². The summed E-state index contributed by atoms with van der Waals surface area (Å²) in [6.07, 6.45) is 0. The van der Waals surface area contributed by atoms with Crippen molar-refractivity contribution in [3.8, 4) is 17.2 Å². The lowest BCUT2D eigenvalue weighted by Gasteiger charge is -2.11. The van der Waals surface area contributed by atoms with Gasteiger partial charge < -0.3 is 15.2 Å². The van der Waals surface area contributed by atoms with Gasteiger partial charge in [-0.3, -0.25) is 0 Å². The molecule has 0 saturated carbocycles. The summed E-state index contributed by atoms with van der Waals surface area (Å²) in [7, 11) is 1.58.